The number of rotatable bonds is 2. The molecule has 0 N–H and O–H groups in total. The van der Waals surface area contributed by atoms with E-state index in [0.29, 0.717) is 16.7 Å². The molecule has 74 valence electrons. The van der Waals surface area contributed by atoms with Crippen molar-refractivity contribution in [1.82, 2.24) is 0 Å². The predicted octanol–water partition coefficient (Wildman–Crippen LogP) is 2.41. The summed E-state index contributed by atoms with van der Waals surface area (Å²) >= 11 is 0. The zero-order valence-corrected chi connectivity index (χ0v) is 8.33. The van der Waals surface area contributed by atoms with E-state index in [9.17, 15) is 14.9 Å². The Hall–Kier alpha value is -1.71. The molecule has 0 radical (unpaired) electrons. The monoisotopic (exact) mass is 193 g/mol. The summed E-state index contributed by atoms with van der Waals surface area (Å²) in [7, 11) is 0. The number of aryl methyl sites for hydroxylation is 2. The molecule has 0 aliphatic heterocycles. The maximum atomic E-state index is 11.1. The van der Waals surface area contributed by atoms with E-state index in [0.717, 1.165) is 0 Å². The zero-order chi connectivity index (χ0) is 10.9. The quantitative estimate of drug-likeness (QED) is 0.411. The number of benzene rings is 1. The lowest BCUT2D eigenvalue weighted by molar-refractivity contribution is -0.385. The van der Waals surface area contributed by atoms with Crippen LogP contribution in [0.15, 0.2) is 12.1 Å². The van der Waals surface area contributed by atoms with E-state index in [1.807, 2.05) is 0 Å². The van der Waals surface area contributed by atoms with Gasteiger partial charge in [0.15, 0.2) is 5.78 Å². The minimum Gasteiger partial charge on any atom is -0.295 e. The third-order valence-electron chi connectivity index (χ3n) is 2.12. The molecule has 0 aromatic heterocycles. The lowest BCUT2D eigenvalue weighted by Crippen LogP contribution is -2.00. The number of hydrogen-bond acceptors (Lipinski definition) is 3. The molecule has 0 spiro atoms. The van der Waals surface area contributed by atoms with Gasteiger partial charge in [0.1, 0.15) is 0 Å². The number of carbonyl (C=O) groups is 1. The molecule has 0 aliphatic rings. The molecular formula is C10H11NO3. The first kappa shape index (κ1) is 10.4. The van der Waals surface area contributed by atoms with Crippen molar-refractivity contribution in [2.24, 2.45) is 0 Å². The van der Waals surface area contributed by atoms with Crippen LogP contribution in [0.2, 0.25) is 0 Å². The summed E-state index contributed by atoms with van der Waals surface area (Å²) in [6.45, 7) is 4.78. The molecule has 4 heteroatoms. The molecule has 0 bridgehead atoms. The van der Waals surface area contributed by atoms with Crippen molar-refractivity contribution in [2.45, 2.75) is 20.8 Å². The lowest BCUT2D eigenvalue weighted by Gasteiger charge is -2.03. The van der Waals surface area contributed by atoms with Crippen LogP contribution in [0, 0.1) is 24.0 Å². The van der Waals surface area contributed by atoms with E-state index in [4.69, 9.17) is 0 Å². The third kappa shape index (κ3) is 1.79. The van der Waals surface area contributed by atoms with Gasteiger partial charge in [-0.15, -0.1) is 0 Å². The Morgan fingerprint density at radius 2 is 1.86 bits per heavy atom. The zero-order valence-electron chi connectivity index (χ0n) is 8.33. The van der Waals surface area contributed by atoms with Crippen molar-refractivity contribution in [3.63, 3.8) is 0 Å². The van der Waals surface area contributed by atoms with Gasteiger partial charge in [-0.25, -0.2) is 0 Å². The smallest absolute Gasteiger partial charge is 0.272 e. The van der Waals surface area contributed by atoms with Gasteiger partial charge in [0.2, 0.25) is 0 Å². The fourth-order valence-electron chi connectivity index (χ4n) is 1.38. The molecule has 0 amide bonds. The Morgan fingerprint density at radius 3 is 2.29 bits per heavy atom. The van der Waals surface area contributed by atoms with Crippen LogP contribution in [0.25, 0.3) is 0 Å². The van der Waals surface area contributed by atoms with Crippen LogP contribution in [0.1, 0.15) is 28.4 Å². The van der Waals surface area contributed by atoms with Gasteiger partial charge in [-0.3, -0.25) is 14.9 Å². The Kier molecular flexibility index (Phi) is 2.65. The average molecular weight is 193 g/mol. The summed E-state index contributed by atoms with van der Waals surface area (Å²) in [5, 5.41) is 10.6. The van der Waals surface area contributed by atoms with Gasteiger partial charge in [0.25, 0.3) is 5.69 Å². The van der Waals surface area contributed by atoms with Crippen LogP contribution < -0.4 is 0 Å². The minimum absolute atomic E-state index is 0.0625. The first-order valence-corrected chi connectivity index (χ1v) is 4.20. The van der Waals surface area contributed by atoms with Gasteiger partial charge in [0.05, 0.1) is 4.92 Å². The number of hydrogen-bond donors (Lipinski definition) is 0. The van der Waals surface area contributed by atoms with Crippen LogP contribution >= 0.6 is 0 Å². The number of nitro groups is 1. The summed E-state index contributed by atoms with van der Waals surface area (Å²) in [5.41, 5.74) is 1.78. The fraction of sp³-hybridized carbons (Fsp3) is 0.300. The van der Waals surface area contributed by atoms with Crippen molar-refractivity contribution in [3.05, 3.63) is 38.9 Å². The highest BCUT2D eigenvalue weighted by molar-refractivity contribution is 5.96. The molecule has 0 saturated heterocycles. The predicted molar refractivity (Wildman–Crippen MR) is 52.6 cm³/mol. The topological polar surface area (TPSA) is 60.2 Å². The van der Waals surface area contributed by atoms with Crippen molar-refractivity contribution >= 4 is 11.5 Å². The van der Waals surface area contributed by atoms with Crippen molar-refractivity contribution in [3.8, 4) is 0 Å². The van der Waals surface area contributed by atoms with E-state index in [1.165, 1.54) is 13.0 Å². The Bertz CT molecular complexity index is 370. The van der Waals surface area contributed by atoms with E-state index < -0.39 is 4.92 Å². The van der Waals surface area contributed by atoms with Crippen LogP contribution in [-0.2, 0) is 0 Å². The van der Waals surface area contributed by atoms with Gasteiger partial charge in [-0.1, -0.05) is 0 Å². The van der Waals surface area contributed by atoms with Gasteiger partial charge < -0.3 is 0 Å². The van der Waals surface area contributed by atoms with E-state index in [1.54, 1.807) is 19.9 Å². The fourth-order valence-corrected chi connectivity index (χ4v) is 1.38. The largest absolute Gasteiger partial charge is 0.295 e. The lowest BCUT2D eigenvalue weighted by atomic mass is 10.0. The molecule has 0 atom stereocenters. The summed E-state index contributed by atoms with van der Waals surface area (Å²) in [5.74, 6) is -0.0690. The standard InChI is InChI=1S/C10H11NO3/c1-6-5-10(11(13)14)7(2)4-9(6)8(3)12/h4-5H,1-3H3. The van der Waals surface area contributed by atoms with Crippen molar-refractivity contribution in [1.29, 1.82) is 0 Å². The number of carbonyl (C=O) groups excluding carboxylic acids is 1. The van der Waals surface area contributed by atoms with E-state index in [2.05, 4.69) is 0 Å². The van der Waals surface area contributed by atoms with Gasteiger partial charge in [-0.2, -0.15) is 0 Å². The first-order chi connectivity index (χ1) is 6.43. The summed E-state index contributed by atoms with van der Waals surface area (Å²) in [6, 6.07) is 3.00. The first-order valence-electron chi connectivity index (χ1n) is 4.20. The molecule has 4 nitrogen and oxygen atoms in total. The molecule has 1 aromatic rings. The van der Waals surface area contributed by atoms with Crippen LogP contribution in [0.4, 0.5) is 5.69 Å². The molecule has 14 heavy (non-hydrogen) atoms. The molecular weight excluding hydrogens is 182 g/mol. The molecule has 0 saturated carbocycles. The second kappa shape index (κ2) is 3.57. The van der Waals surface area contributed by atoms with Gasteiger partial charge in [0, 0.05) is 17.2 Å². The average Bonchev–Trinajstić information content (AvgIpc) is 2.07. The van der Waals surface area contributed by atoms with Crippen LogP contribution in [0.3, 0.4) is 0 Å². The minimum atomic E-state index is -0.438. The van der Waals surface area contributed by atoms with Gasteiger partial charge in [-0.05, 0) is 32.4 Å². The summed E-state index contributed by atoms with van der Waals surface area (Å²) in [4.78, 5) is 21.3. The van der Waals surface area contributed by atoms with Crippen molar-refractivity contribution < 1.29 is 9.72 Å². The highest BCUT2D eigenvalue weighted by Crippen LogP contribution is 2.22. The maximum Gasteiger partial charge on any atom is 0.272 e. The Balaban J connectivity index is 3.38. The second-order valence-electron chi connectivity index (χ2n) is 3.27. The molecule has 0 aliphatic carbocycles. The molecule has 1 aromatic carbocycles. The maximum absolute atomic E-state index is 11.1. The number of nitrogens with zero attached hydrogens (tertiary/aromatic N) is 1. The number of Topliss-reactive ketones (excluding diaryl/α,β-unsaturated/α-hetero) is 1. The number of ketones is 1. The van der Waals surface area contributed by atoms with E-state index in [-0.39, 0.29) is 11.5 Å². The van der Waals surface area contributed by atoms with Crippen molar-refractivity contribution in [2.75, 3.05) is 0 Å². The van der Waals surface area contributed by atoms with Crippen LogP contribution in [0.5, 0.6) is 0 Å². The second-order valence-corrected chi connectivity index (χ2v) is 3.27. The SMILES string of the molecule is CC(=O)c1cc(C)c([N+](=O)[O-])cc1C. The molecule has 1 rings (SSSR count). The third-order valence-corrected chi connectivity index (χ3v) is 2.12. The molecule has 0 fully saturated rings. The highest BCUT2D eigenvalue weighted by Gasteiger charge is 2.14. The normalized spacial score (nSPS) is 9.93. The highest BCUT2D eigenvalue weighted by atomic mass is 16.6. The Labute approximate surface area is 81.7 Å². The van der Waals surface area contributed by atoms with Crippen LogP contribution in [-0.4, -0.2) is 10.7 Å². The summed E-state index contributed by atoms with van der Waals surface area (Å²) in [6.07, 6.45) is 0. The molecule has 0 unspecified atom stereocenters. The van der Waals surface area contributed by atoms with E-state index >= 15 is 0 Å². The van der Waals surface area contributed by atoms with Gasteiger partial charge >= 0.3 is 0 Å². The summed E-state index contributed by atoms with van der Waals surface area (Å²) < 4.78 is 0. The number of nitro benzene ring substituents is 1. The Morgan fingerprint density at radius 1 is 1.29 bits per heavy atom. The molecule has 0 heterocycles.